The van der Waals surface area contributed by atoms with E-state index in [0.717, 1.165) is 12.8 Å². The number of hydrogen-bond donors (Lipinski definition) is 1. The van der Waals surface area contributed by atoms with Gasteiger partial charge in [0.25, 0.3) is 0 Å². The highest BCUT2D eigenvalue weighted by Crippen LogP contribution is 2.39. The molecule has 78 valence electrons. The Morgan fingerprint density at radius 3 is 1.85 bits per heavy atom. The quantitative estimate of drug-likeness (QED) is 0.681. The van der Waals surface area contributed by atoms with Crippen LogP contribution in [0.5, 0.6) is 0 Å². The van der Waals surface area contributed by atoms with Gasteiger partial charge in [-0.1, -0.05) is 0 Å². The second-order valence-electron chi connectivity index (χ2n) is 5.53. The smallest absolute Gasteiger partial charge is 0.0637 e. The average Bonchev–Trinajstić information content (AvgIpc) is 1.79. The van der Waals surface area contributed by atoms with Crippen LogP contribution in [0.25, 0.3) is 0 Å². The fourth-order valence-electron chi connectivity index (χ4n) is 2.51. The van der Waals surface area contributed by atoms with Crippen LogP contribution >= 0.6 is 0 Å². The van der Waals surface area contributed by atoms with E-state index in [2.05, 4.69) is 27.7 Å². The molecule has 0 unspecified atom stereocenters. The summed E-state index contributed by atoms with van der Waals surface area (Å²) in [6, 6.07) is 0. The summed E-state index contributed by atoms with van der Waals surface area (Å²) in [5, 5.41) is 9.59. The predicted molar refractivity (Wildman–Crippen MR) is 53.6 cm³/mol. The number of ether oxygens (including phenoxy) is 1. The largest absolute Gasteiger partial charge is 0.393 e. The zero-order valence-corrected chi connectivity index (χ0v) is 9.42. The van der Waals surface area contributed by atoms with E-state index < -0.39 is 0 Å². The molecule has 0 radical (unpaired) electrons. The zero-order valence-electron chi connectivity index (χ0n) is 9.42. The molecule has 1 fully saturated rings. The Labute approximate surface area is 81.3 Å². The molecule has 2 heteroatoms. The van der Waals surface area contributed by atoms with Gasteiger partial charge in [-0.15, -0.1) is 0 Å². The molecule has 0 saturated carbocycles. The summed E-state index contributed by atoms with van der Waals surface area (Å²) < 4.78 is 5.93. The van der Waals surface area contributed by atoms with Crippen LogP contribution in [0.3, 0.4) is 0 Å². The number of rotatable bonds is 1. The van der Waals surface area contributed by atoms with Crippen molar-refractivity contribution in [2.24, 2.45) is 5.92 Å². The second kappa shape index (κ2) is 3.25. The van der Waals surface area contributed by atoms with E-state index >= 15 is 0 Å². The first-order valence-electron chi connectivity index (χ1n) is 5.10. The van der Waals surface area contributed by atoms with Gasteiger partial charge < -0.3 is 9.84 Å². The summed E-state index contributed by atoms with van der Waals surface area (Å²) in [7, 11) is 0. The van der Waals surface area contributed by atoms with Crippen molar-refractivity contribution in [1.82, 2.24) is 0 Å². The predicted octanol–water partition coefficient (Wildman–Crippen LogP) is 2.35. The lowest BCUT2D eigenvalue weighted by Gasteiger charge is -2.46. The van der Waals surface area contributed by atoms with Crippen LogP contribution in [-0.4, -0.2) is 22.4 Å². The Morgan fingerprint density at radius 2 is 1.54 bits per heavy atom. The van der Waals surface area contributed by atoms with E-state index in [1.165, 1.54) is 0 Å². The van der Waals surface area contributed by atoms with Crippen molar-refractivity contribution in [3.8, 4) is 0 Å². The molecule has 1 rings (SSSR count). The minimum Gasteiger partial charge on any atom is -0.393 e. The Morgan fingerprint density at radius 1 is 1.15 bits per heavy atom. The second-order valence-corrected chi connectivity index (χ2v) is 5.53. The average molecular weight is 186 g/mol. The van der Waals surface area contributed by atoms with Crippen LogP contribution in [0.2, 0.25) is 0 Å². The third-order valence-electron chi connectivity index (χ3n) is 2.74. The van der Waals surface area contributed by atoms with Gasteiger partial charge in [0.1, 0.15) is 0 Å². The first-order chi connectivity index (χ1) is 5.72. The van der Waals surface area contributed by atoms with Gasteiger partial charge in [0.2, 0.25) is 0 Å². The molecule has 0 aromatic carbocycles. The summed E-state index contributed by atoms with van der Waals surface area (Å²) in [6.45, 7) is 10.3. The van der Waals surface area contributed by atoms with E-state index in [-0.39, 0.29) is 17.3 Å². The fraction of sp³-hybridized carbons (Fsp3) is 1.00. The van der Waals surface area contributed by atoms with Gasteiger partial charge in [0, 0.05) is 0 Å². The lowest BCUT2D eigenvalue weighted by atomic mass is 9.78. The van der Waals surface area contributed by atoms with Gasteiger partial charge in [-0.2, -0.15) is 0 Å². The normalized spacial score (nSPS) is 30.0. The topological polar surface area (TPSA) is 29.5 Å². The third-order valence-corrected chi connectivity index (χ3v) is 2.74. The van der Waals surface area contributed by atoms with E-state index in [1.54, 1.807) is 0 Å². The van der Waals surface area contributed by atoms with Gasteiger partial charge in [0.05, 0.1) is 17.3 Å². The number of hydrogen-bond acceptors (Lipinski definition) is 2. The molecule has 1 aliphatic heterocycles. The monoisotopic (exact) mass is 186 g/mol. The van der Waals surface area contributed by atoms with E-state index in [4.69, 9.17) is 4.74 Å². The highest BCUT2D eigenvalue weighted by molar-refractivity contribution is 4.89. The van der Waals surface area contributed by atoms with Crippen molar-refractivity contribution in [3.63, 3.8) is 0 Å². The zero-order chi connectivity index (χ0) is 10.3. The highest BCUT2D eigenvalue weighted by atomic mass is 16.5. The molecule has 1 heterocycles. The molecular weight excluding hydrogens is 164 g/mol. The van der Waals surface area contributed by atoms with Crippen LogP contribution in [0.15, 0.2) is 0 Å². The standard InChI is InChI=1S/C11H22O2/c1-8(12)9-6-10(2,3)13-11(4,5)7-9/h8-9,12H,6-7H2,1-5H3/t8-/m0/s1. The van der Waals surface area contributed by atoms with Crippen LogP contribution in [-0.2, 0) is 4.74 Å². The molecule has 0 aliphatic carbocycles. The number of aliphatic hydroxyl groups excluding tert-OH is 1. The molecule has 0 aromatic rings. The molecule has 13 heavy (non-hydrogen) atoms. The molecule has 0 amide bonds. The third kappa shape index (κ3) is 2.96. The molecule has 1 saturated heterocycles. The van der Waals surface area contributed by atoms with Gasteiger partial charge >= 0.3 is 0 Å². The van der Waals surface area contributed by atoms with E-state index in [9.17, 15) is 5.11 Å². The summed E-state index contributed by atoms with van der Waals surface area (Å²) in [6.07, 6.45) is 1.68. The molecule has 1 atom stereocenters. The maximum atomic E-state index is 9.59. The molecule has 0 spiro atoms. The van der Waals surface area contributed by atoms with Crippen molar-refractivity contribution in [2.75, 3.05) is 0 Å². The lowest BCUT2D eigenvalue weighted by Crippen LogP contribution is -2.47. The van der Waals surface area contributed by atoms with E-state index in [0.29, 0.717) is 5.92 Å². The summed E-state index contributed by atoms with van der Waals surface area (Å²) in [5.41, 5.74) is -0.188. The van der Waals surface area contributed by atoms with Gasteiger partial charge in [-0.3, -0.25) is 0 Å². The fourth-order valence-corrected chi connectivity index (χ4v) is 2.51. The first kappa shape index (κ1) is 11.0. The van der Waals surface area contributed by atoms with Crippen LogP contribution in [0, 0.1) is 5.92 Å². The summed E-state index contributed by atoms with van der Waals surface area (Å²) in [5.74, 6) is 0.374. The minimum atomic E-state index is -0.220. The van der Waals surface area contributed by atoms with Crippen molar-refractivity contribution >= 4 is 0 Å². The lowest BCUT2D eigenvalue weighted by molar-refractivity contribution is -0.183. The maximum Gasteiger partial charge on any atom is 0.0637 e. The van der Waals surface area contributed by atoms with Crippen LogP contribution in [0.4, 0.5) is 0 Å². The molecule has 0 aromatic heterocycles. The first-order valence-corrected chi connectivity index (χ1v) is 5.10. The van der Waals surface area contributed by atoms with E-state index in [1.807, 2.05) is 6.92 Å². The Bertz CT molecular complexity index is 167. The van der Waals surface area contributed by atoms with Crippen molar-refractivity contribution < 1.29 is 9.84 Å². The summed E-state index contributed by atoms with van der Waals surface area (Å²) in [4.78, 5) is 0. The van der Waals surface area contributed by atoms with Crippen molar-refractivity contribution in [2.45, 2.75) is 64.8 Å². The number of aliphatic hydroxyl groups is 1. The molecule has 1 aliphatic rings. The minimum absolute atomic E-state index is 0.0938. The van der Waals surface area contributed by atoms with Crippen molar-refractivity contribution in [1.29, 1.82) is 0 Å². The molecule has 2 nitrogen and oxygen atoms in total. The maximum absolute atomic E-state index is 9.59. The Hall–Kier alpha value is -0.0800. The van der Waals surface area contributed by atoms with Gasteiger partial charge in [-0.25, -0.2) is 0 Å². The Kier molecular flexibility index (Phi) is 2.75. The molecule has 0 bridgehead atoms. The highest BCUT2D eigenvalue weighted by Gasteiger charge is 2.40. The molecule has 1 N–H and O–H groups in total. The Balaban J connectivity index is 2.72. The van der Waals surface area contributed by atoms with Crippen molar-refractivity contribution in [3.05, 3.63) is 0 Å². The SMILES string of the molecule is C[C@H](O)C1CC(C)(C)OC(C)(C)C1. The van der Waals surface area contributed by atoms with Gasteiger partial charge in [0.15, 0.2) is 0 Å². The van der Waals surface area contributed by atoms with Gasteiger partial charge in [-0.05, 0) is 53.4 Å². The molecular formula is C11H22O2. The summed E-state index contributed by atoms with van der Waals surface area (Å²) >= 11 is 0. The van der Waals surface area contributed by atoms with Crippen LogP contribution in [0.1, 0.15) is 47.5 Å². The van der Waals surface area contributed by atoms with Crippen LogP contribution < -0.4 is 0 Å².